The summed E-state index contributed by atoms with van der Waals surface area (Å²) in [6.45, 7) is 6.09. The fraction of sp³-hybridized carbons (Fsp3) is 0.409. The Bertz CT molecular complexity index is 921. The minimum atomic E-state index is -0.290. The van der Waals surface area contributed by atoms with Crippen LogP contribution in [0.3, 0.4) is 0 Å². The van der Waals surface area contributed by atoms with Gasteiger partial charge in [0.25, 0.3) is 0 Å². The van der Waals surface area contributed by atoms with Crippen molar-refractivity contribution in [3.63, 3.8) is 0 Å². The van der Waals surface area contributed by atoms with Gasteiger partial charge in [-0.3, -0.25) is 19.3 Å². The van der Waals surface area contributed by atoms with E-state index in [1.165, 1.54) is 21.0 Å². The van der Waals surface area contributed by atoms with E-state index in [-0.39, 0.29) is 49.4 Å². The minimum absolute atomic E-state index is 0.0343. The Morgan fingerprint density at radius 3 is 2.60 bits per heavy atom. The zero-order valence-electron chi connectivity index (χ0n) is 17.4. The summed E-state index contributed by atoms with van der Waals surface area (Å²) in [5.41, 5.74) is 0.424. The van der Waals surface area contributed by atoms with Gasteiger partial charge in [-0.1, -0.05) is 38.4 Å². The first-order chi connectivity index (χ1) is 14.1. The zero-order chi connectivity index (χ0) is 21.9. The van der Waals surface area contributed by atoms with Crippen molar-refractivity contribution in [2.45, 2.75) is 33.7 Å². The van der Waals surface area contributed by atoms with Crippen LogP contribution in [-0.2, 0) is 20.9 Å². The number of anilines is 1. The Balaban J connectivity index is 1.70. The molecule has 1 aliphatic rings. The molecular formula is C22H26ClN3O4. The molecule has 0 radical (unpaired) electrons. The van der Waals surface area contributed by atoms with E-state index in [2.05, 4.69) is 0 Å². The first-order valence-electron chi connectivity index (χ1n) is 9.76. The molecule has 1 fully saturated rings. The molecule has 160 valence electrons. The highest BCUT2D eigenvalue weighted by atomic mass is 35.5. The Morgan fingerprint density at radius 1 is 1.20 bits per heavy atom. The van der Waals surface area contributed by atoms with E-state index in [4.69, 9.17) is 16.0 Å². The maximum Gasteiger partial charge on any atom is 0.248 e. The molecule has 1 aromatic carbocycles. The zero-order valence-corrected chi connectivity index (χ0v) is 18.2. The lowest BCUT2D eigenvalue weighted by Crippen LogP contribution is -2.43. The van der Waals surface area contributed by atoms with E-state index in [0.717, 1.165) is 0 Å². The van der Waals surface area contributed by atoms with Crippen molar-refractivity contribution in [1.82, 2.24) is 9.80 Å². The van der Waals surface area contributed by atoms with Crippen molar-refractivity contribution < 1.29 is 18.8 Å². The van der Waals surface area contributed by atoms with E-state index >= 15 is 0 Å². The van der Waals surface area contributed by atoms with Crippen LogP contribution >= 0.6 is 11.6 Å². The highest BCUT2D eigenvalue weighted by molar-refractivity contribution is 6.31. The molecule has 0 aliphatic carbocycles. The van der Waals surface area contributed by atoms with Gasteiger partial charge in [0.05, 0.1) is 12.8 Å². The molecule has 0 bridgehead atoms. The average molecular weight is 432 g/mol. The van der Waals surface area contributed by atoms with Gasteiger partial charge in [0, 0.05) is 17.1 Å². The number of hydrogen-bond acceptors (Lipinski definition) is 4. The van der Waals surface area contributed by atoms with Gasteiger partial charge < -0.3 is 14.2 Å². The number of furan rings is 1. The van der Waals surface area contributed by atoms with E-state index < -0.39 is 0 Å². The molecule has 0 saturated carbocycles. The minimum Gasteiger partial charge on any atom is -0.467 e. The average Bonchev–Trinajstić information content (AvgIpc) is 3.29. The molecule has 2 heterocycles. The lowest BCUT2D eigenvalue weighted by atomic mass is 9.91. The maximum atomic E-state index is 12.9. The molecule has 0 atom stereocenters. The van der Waals surface area contributed by atoms with Gasteiger partial charge in [-0.2, -0.15) is 0 Å². The van der Waals surface area contributed by atoms with Gasteiger partial charge in [-0.05, 0) is 35.7 Å². The van der Waals surface area contributed by atoms with Gasteiger partial charge >= 0.3 is 0 Å². The second-order valence-electron chi connectivity index (χ2n) is 8.60. The highest BCUT2D eigenvalue weighted by Gasteiger charge is 2.33. The summed E-state index contributed by atoms with van der Waals surface area (Å²) < 4.78 is 5.36. The van der Waals surface area contributed by atoms with E-state index in [1.807, 2.05) is 20.8 Å². The van der Waals surface area contributed by atoms with Crippen molar-refractivity contribution in [2.24, 2.45) is 5.41 Å². The van der Waals surface area contributed by atoms with E-state index in [1.54, 1.807) is 36.4 Å². The Hall–Kier alpha value is -2.80. The number of nitrogens with zero attached hydrogens (tertiary/aromatic N) is 3. The summed E-state index contributed by atoms with van der Waals surface area (Å²) in [6, 6.07) is 10.4. The van der Waals surface area contributed by atoms with Gasteiger partial charge in [0.15, 0.2) is 0 Å². The standard InChI is InChI=1S/C22H26ClN3O4/c1-22(2,3)11-19(27)24(12-18-8-5-9-30-18)13-20(28)25-14-21(29)26(15-25)17-7-4-6-16(23)10-17/h4-10H,11-15H2,1-3H3. The third-order valence-electron chi connectivity index (χ3n) is 4.70. The van der Waals surface area contributed by atoms with Crippen molar-refractivity contribution in [2.75, 3.05) is 24.7 Å². The van der Waals surface area contributed by atoms with Crippen molar-refractivity contribution in [3.05, 3.63) is 53.4 Å². The Labute approximate surface area is 181 Å². The van der Waals surface area contributed by atoms with Crippen LogP contribution in [-0.4, -0.2) is 47.3 Å². The summed E-state index contributed by atoms with van der Waals surface area (Å²) >= 11 is 6.02. The SMILES string of the molecule is CC(C)(C)CC(=O)N(CC(=O)N1CC(=O)N(c2cccc(Cl)c2)C1)Cc1ccco1. The summed E-state index contributed by atoms with van der Waals surface area (Å²) in [4.78, 5) is 42.7. The molecule has 8 heteroatoms. The third-order valence-corrected chi connectivity index (χ3v) is 4.93. The molecule has 1 saturated heterocycles. The molecule has 1 aromatic heterocycles. The lowest BCUT2D eigenvalue weighted by molar-refractivity contribution is -0.142. The quantitative estimate of drug-likeness (QED) is 0.701. The molecule has 1 aliphatic heterocycles. The van der Waals surface area contributed by atoms with Crippen molar-refractivity contribution >= 4 is 35.0 Å². The smallest absolute Gasteiger partial charge is 0.248 e. The Morgan fingerprint density at radius 2 is 1.97 bits per heavy atom. The highest BCUT2D eigenvalue weighted by Crippen LogP contribution is 2.24. The summed E-state index contributed by atoms with van der Waals surface area (Å²) in [6.07, 6.45) is 1.83. The fourth-order valence-electron chi connectivity index (χ4n) is 3.24. The largest absolute Gasteiger partial charge is 0.467 e. The summed E-state index contributed by atoms with van der Waals surface area (Å²) in [5.74, 6) is -0.0153. The van der Waals surface area contributed by atoms with Crippen LogP contribution in [0.5, 0.6) is 0 Å². The number of rotatable bonds is 6. The second kappa shape index (κ2) is 8.92. The Kier molecular flexibility index (Phi) is 6.51. The van der Waals surface area contributed by atoms with E-state index in [9.17, 15) is 14.4 Å². The van der Waals surface area contributed by atoms with Crippen LogP contribution in [0.25, 0.3) is 0 Å². The second-order valence-corrected chi connectivity index (χ2v) is 9.04. The molecule has 30 heavy (non-hydrogen) atoms. The first kappa shape index (κ1) is 21.9. The molecular weight excluding hydrogens is 406 g/mol. The summed E-state index contributed by atoms with van der Waals surface area (Å²) in [7, 11) is 0. The number of carbonyl (C=O) groups excluding carboxylic acids is 3. The normalized spacial score (nSPS) is 14.3. The van der Waals surface area contributed by atoms with Crippen molar-refractivity contribution in [3.8, 4) is 0 Å². The fourth-order valence-corrected chi connectivity index (χ4v) is 3.42. The number of carbonyl (C=O) groups is 3. The van der Waals surface area contributed by atoms with Crippen LogP contribution < -0.4 is 4.90 Å². The summed E-state index contributed by atoms with van der Waals surface area (Å²) in [5, 5.41) is 0.516. The van der Waals surface area contributed by atoms with Crippen LogP contribution in [0, 0.1) is 5.41 Å². The molecule has 0 N–H and O–H groups in total. The maximum absolute atomic E-state index is 12.9. The van der Waals surface area contributed by atoms with Crippen molar-refractivity contribution in [1.29, 1.82) is 0 Å². The molecule has 0 unspecified atom stereocenters. The molecule has 2 aromatic rings. The predicted octanol–water partition coefficient (Wildman–Crippen LogP) is 3.53. The molecule has 0 spiro atoms. The topological polar surface area (TPSA) is 74.1 Å². The molecule has 7 nitrogen and oxygen atoms in total. The monoisotopic (exact) mass is 431 g/mol. The van der Waals surface area contributed by atoms with Crippen LogP contribution in [0.2, 0.25) is 5.02 Å². The van der Waals surface area contributed by atoms with Gasteiger partial charge in [-0.25, -0.2) is 0 Å². The first-order valence-corrected chi connectivity index (χ1v) is 10.1. The predicted molar refractivity (Wildman–Crippen MR) is 114 cm³/mol. The molecule has 3 amide bonds. The number of benzene rings is 1. The number of hydrogen-bond donors (Lipinski definition) is 0. The van der Waals surface area contributed by atoms with E-state index in [0.29, 0.717) is 22.9 Å². The van der Waals surface area contributed by atoms with Gasteiger partial charge in [-0.15, -0.1) is 0 Å². The molecule has 3 rings (SSSR count). The third kappa shape index (κ3) is 5.63. The number of halogens is 1. The number of amides is 3. The van der Waals surface area contributed by atoms with Crippen LogP contribution in [0.1, 0.15) is 33.0 Å². The lowest BCUT2D eigenvalue weighted by Gasteiger charge is -2.27. The van der Waals surface area contributed by atoms with Gasteiger partial charge in [0.1, 0.15) is 25.5 Å². The van der Waals surface area contributed by atoms with Crippen LogP contribution in [0.15, 0.2) is 47.1 Å². The van der Waals surface area contributed by atoms with Crippen LogP contribution in [0.4, 0.5) is 5.69 Å². The van der Waals surface area contributed by atoms with Gasteiger partial charge in [0.2, 0.25) is 17.7 Å².